The van der Waals surface area contributed by atoms with E-state index < -0.39 is 42.3 Å². The Balaban J connectivity index is 2.29. The Hall–Kier alpha value is -2.04. The molecule has 1 aromatic rings. The van der Waals surface area contributed by atoms with Gasteiger partial charge in [-0.3, -0.25) is 0 Å². The van der Waals surface area contributed by atoms with Gasteiger partial charge in [-0.1, -0.05) is 12.2 Å². The fourth-order valence-electron chi connectivity index (χ4n) is 2.22. The molecule has 1 atom stereocenters. The zero-order valence-corrected chi connectivity index (χ0v) is 13.1. The standard InChI is InChI=1S/C14H11F6NO3S/c15-13(16,17)6-24-10-2-1-7(5-8(10)14(18,19)20)11(25)21-4-3-9(21)12(22)23/h1-2,5,9H,3-4,6H2,(H,22,23)/t9-/m1/s1. The number of hydrogen-bond acceptors (Lipinski definition) is 3. The molecule has 0 amide bonds. The highest BCUT2D eigenvalue weighted by atomic mass is 32.1. The van der Waals surface area contributed by atoms with Gasteiger partial charge in [0.05, 0.1) is 5.56 Å². The molecule has 1 saturated heterocycles. The van der Waals surface area contributed by atoms with Crippen LogP contribution < -0.4 is 4.74 Å². The molecule has 2 rings (SSSR count). The van der Waals surface area contributed by atoms with Gasteiger partial charge in [-0.2, -0.15) is 26.3 Å². The van der Waals surface area contributed by atoms with E-state index in [0.717, 1.165) is 12.1 Å². The summed E-state index contributed by atoms with van der Waals surface area (Å²) in [5.74, 6) is -2.13. The van der Waals surface area contributed by atoms with E-state index in [9.17, 15) is 31.1 Å². The lowest BCUT2D eigenvalue weighted by Gasteiger charge is -2.40. The molecule has 0 unspecified atom stereocenters. The van der Waals surface area contributed by atoms with Gasteiger partial charge in [0.25, 0.3) is 0 Å². The van der Waals surface area contributed by atoms with E-state index in [2.05, 4.69) is 4.74 Å². The number of rotatable bonds is 4. The average Bonchev–Trinajstić information content (AvgIpc) is 2.41. The van der Waals surface area contributed by atoms with Crippen molar-refractivity contribution < 1.29 is 41.0 Å². The van der Waals surface area contributed by atoms with E-state index in [-0.39, 0.29) is 17.1 Å². The lowest BCUT2D eigenvalue weighted by Crippen LogP contribution is -2.54. The van der Waals surface area contributed by atoms with Crippen molar-refractivity contribution >= 4 is 23.2 Å². The number of carboxylic acid groups (broad SMARTS) is 1. The summed E-state index contributed by atoms with van der Waals surface area (Å²) in [7, 11) is 0. The lowest BCUT2D eigenvalue weighted by molar-refractivity contribution is -0.158. The maximum absolute atomic E-state index is 13.1. The van der Waals surface area contributed by atoms with E-state index in [4.69, 9.17) is 17.3 Å². The lowest BCUT2D eigenvalue weighted by atomic mass is 10.0. The number of carbonyl (C=O) groups is 1. The van der Waals surface area contributed by atoms with Crippen molar-refractivity contribution in [2.24, 2.45) is 0 Å². The number of nitrogens with zero attached hydrogens (tertiary/aromatic N) is 1. The van der Waals surface area contributed by atoms with E-state index in [1.54, 1.807) is 0 Å². The molecule has 1 fully saturated rings. The number of carboxylic acids is 1. The van der Waals surface area contributed by atoms with Crippen molar-refractivity contribution in [3.8, 4) is 5.75 Å². The number of thiocarbonyl (C=S) groups is 1. The number of alkyl halides is 6. The summed E-state index contributed by atoms with van der Waals surface area (Å²) in [5, 5.41) is 8.97. The predicted octanol–water partition coefficient (Wildman–Crippen LogP) is 3.48. The second kappa shape index (κ2) is 6.70. The normalized spacial score (nSPS) is 17.8. The summed E-state index contributed by atoms with van der Waals surface area (Å²) in [4.78, 5) is 12.1. The summed E-state index contributed by atoms with van der Waals surface area (Å²) < 4.78 is 80.0. The summed E-state index contributed by atoms with van der Waals surface area (Å²) in [6.07, 6.45) is -9.45. The van der Waals surface area contributed by atoms with Gasteiger partial charge < -0.3 is 14.7 Å². The van der Waals surface area contributed by atoms with Crippen LogP contribution in [0.4, 0.5) is 26.3 Å². The molecular formula is C14H11F6NO3S. The van der Waals surface area contributed by atoms with E-state index in [0.29, 0.717) is 12.5 Å². The highest BCUT2D eigenvalue weighted by molar-refractivity contribution is 7.80. The van der Waals surface area contributed by atoms with Crippen LogP contribution in [0.2, 0.25) is 0 Å². The first-order chi connectivity index (χ1) is 11.4. The molecule has 25 heavy (non-hydrogen) atoms. The molecule has 0 saturated carbocycles. The minimum absolute atomic E-state index is 0.118. The Morgan fingerprint density at radius 1 is 1.28 bits per heavy atom. The third-order valence-corrected chi connectivity index (χ3v) is 3.96. The Morgan fingerprint density at radius 2 is 1.92 bits per heavy atom. The molecule has 0 spiro atoms. The Morgan fingerprint density at radius 3 is 2.36 bits per heavy atom. The SMILES string of the molecule is O=C(O)[C@H]1CCN1C(=S)c1ccc(OCC(F)(F)F)c(C(F)(F)F)c1. The minimum Gasteiger partial charge on any atom is -0.483 e. The maximum atomic E-state index is 13.1. The zero-order chi connectivity index (χ0) is 19.0. The van der Waals surface area contributed by atoms with Gasteiger partial charge in [0.15, 0.2) is 6.61 Å². The predicted molar refractivity (Wildman–Crippen MR) is 77.4 cm³/mol. The summed E-state index contributed by atoms with van der Waals surface area (Å²) in [5.41, 5.74) is -1.53. The molecule has 11 heteroatoms. The van der Waals surface area contributed by atoms with Gasteiger partial charge in [-0.15, -0.1) is 0 Å². The van der Waals surface area contributed by atoms with E-state index in [1.165, 1.54) is 4.90 Å². The van der Waals surface area contributed by atoms with Crippen LogP contribution in [-0.2, 0) is 11.0 Å². The largest absolute Gasteiger partial charge is 0.483 e. The van der Waals surface area contributed by atoms with Gasteiger partial charge in [-0.25, -0.2) is 4.79 Å². The van der Waals surface area contributed by atoms with Crippen molar-refractivity contribution in [2.75, 3.05) is 13.2 Å². The molecule has 0 bridgehead atoms. The first-order valence-corrected chi connectivity index (χ1v) is 7.25. The van der Waals surface area contributed by atoms with Crippen LogP contribution >= 0.6 is 12.2 Å². The second-order valence-corrected chi connectivity index (χ2v) is 5.64. The Kier molecular flexibility index (Phi) is 5.17. The molecule has 1 aliphatic rings. The van der Waals surface area contributed by atoms with Gasteiger partial charge in [-0.05, 0) is 24.6 Å². The fourth-order valence-corrected chi connectivity index (χ4v) is 2.57. The van der Waals surface area contributed by atoms with Crippen molar-refractivity contribution in [3.05, 3.63) is 29.3 Å². The van der Waals surface area contributed by atoms with Gasteiger partial charge in [0, 0.05) is 12.1 Å². The molecule has 1 N–H and O–H groups in total. The zero-order valence-electron chi connectivity index (χ0n) is 12.3. The van der Waals surface area contributed by atoms with Crippen LogP contribution in [0.1, 0.15) is 17.5 Å². The minimum atomic E-state index is -4.96. The molecule has 0 aromatic heterocycles. The van der Waals surface area contributed by atoms with Gasteiger partial charge in [0.1, 0.15) is 16.8 Å². The molecular weight excluding hydrogens is 376 g/mol. The average molecular weight is 387 g/mol. The van der Waals surface area contributed by atoms with Crippen molar-refractivity contribution in [2.45, 2.75) is 24.8 Å². The highest BCUT2D eigenvalue weighted by Gasteiger charge is 2.39. The van der Waals surface area contributed by atoms with Crippen LogP contribution in [0.5, 0.6) is 5.75 Å². The topological polar surface area (TPSA) is 49.8 Å². The fraction of sp³-hybridized carbons (Fsp3) is 0.429. The van der Waals surface area contributed by atoms with Gasteiger partial charge >= 0.3 is 18.3 Å². The van der Waals surface area contributed by atoms with Gasteiger partial charge in [0.2, 0.25) is 0 Å². The number of ether oxygens (including phenoxy) is 1. The Labute approximate surface area is 143 Å². The summed E-state index contributed by atoms with van der Waals surface area (Å²) >= 11 is 5.01. The highest BCUT2D eigenvalue weighted by Crippen LogP contribution is 2.38. The smallest absolute Gasteiger partial charge is 0.422 e. The summed E-state index contributed by atoms with van der Waals surface area (Å²) in [6.45, 7) is -1.60. The first kappa shape index (κ1) is 19.3. The quantitative estimate of drug-likeness (QED) is 0.633. The van der Waals surface area contributed by atoms with Crippen LogP contribution in [0.15, 0.2) is 18.2 Å². The molecule has 138 valence electrons. The van der Waals surface area contributed by atoms with Crippen LogP contribution in [-0.4, -0.2) is 46.3 Å². The number of likely N-dealkylation sites (tertiary alicyclic amines) is 1. The maximum Gasteiger partial charge on any atom is 0.422 e. The van der Waals surface area contributed by atoms with E-state index in [1.807, 2.05) is 0 Å². The van der Waals surface area contributed by atoms with Crippen LogP contribution in [0.3, 0.4) is 0 Å². The third-order valence-electron chi connectivity index (χ3n) is 3.49. The monoisotopic (exact) mass is 387 g/mol. The Bertz CT molecular complexity index is 688. The van der Waals surface area contributed by atoms with Crippen LogP contribution in [0, 0.1) is 0 Å². The molecule has 1 aromatic carbocycles. The number of hydrogen-bond donors (Lipinski definition) is 1. The summed E-state index contributed by atoms with van der Waals surface area (Å²) in [6, 6.07) is 1.44. The first-order valence-electron chi connectivity index (χ1n) is 6.85. The molecule has 0 radical (unpaired) electrons. The molecule has 0 aliphatic carbocycles. The van der Waals surface area contributed by atoms with Crippen molar-refractivity contribution in [1.29, 1.82) is 0 Å². The third kappa shape index (κ3) is 4.53. The second-order valence-electron chi connectivity index (χ2n) is 5.25. The number of halogens is 6. The van der Waals surface area contributed by atoms with Crippen molar-refractivity contribution in [1.82, 2.24) is 4.90 Å². The van der Waals surface area contributed by atoms with Crippen molar-refractivity contribution in [3.63, 3.8) is 0 Å². The molecule has 1 heterocycles. The van der Waals surface area contributed by atoms with Crippen LogP contribution in [0.25, 0.3) is 0 Å². The van der Waals surface area contributed by atoms with E-state index >= 15 is 0 Å². The number of aliphatic carboxylic acids is 1. The number of benzene rings is 1. The molecule has 4 nitrogen and oxygen atoms in total. The molecule has 1 aliphatic heterocycles.